The number of alkyl halides is 6. The molecule has 7 atom stereocenters. The Bertz CT molecular complexity index is 2530. The molecule has 2 aromatic rings. The molecule has 0 spiro atoms. The molecule has 2 fully saturated rings. The van der Waals surface area contributed by atoms with Crippen molar-refractivity contribution in [1.82, 2.24) is 0 Å². The maximum absolute atomic E-state index is 13.3. The Morgan fingerprint density at radius 1 is 0.679 bits per heavy atom. The fourth-order valence-corrected chi connectivity index (χ4v) is 10.7. The summed E-state index contributed by atoms with van der Waals surface area (Å²) < 4.78 is 111. The van der Waals surface area contributed by atoms with E-state index in [9.17, 15) is 45.8 Å². The van der Waals surface area contributed by atoms with Gasteiger partial charge in [0.1, 0.15) is 24.2 Å². The molecule has 0 bridgehead atoms. The number of aliphatic hydroxyl groups is 1. The van der Waals surface area contributed by atoms with E-state index in [1.54, 1.807) is 33.8 Å². The zero-order valence-corrected chi connectivity index (χ0v) is 55.0. The highest BCUT2D eigenvalue weighted by atomic mass is 79.9. The average molecular weight is 1310 g/mol. The van der Waals surface area contributed by atoms with E-state index in [4.69, 9.17) is 28.4 Å². The number of aryl methyl sites for hydroxylation is 4. The van der Waals surface area contributed by atoms with Gasteiger partial charge >= 0.3 is 24.3 Å². The van der Waals surface area contributed by atoms with Crippen LogP contribution in [0.25, 0.3) is 12.2 Å². The number of carbonyl (C=O) groups excluding carboxylic acids is 3. The summed E-state index contributed by atoms with van der Waals surface area (Å²) in [5, 5.41) is 10.7. The molecule has 2 aromatic carbocycles. The minimum Gasteiger partial charge on any atom is -0.462 e. The lowest BCUT2D eigenvalue weighted by molar-refractivity contribution is -0.171. The van der Waals surface area contributed by atoms with Gasteiger partial charge in [0.25, 0.3) is 0 Å². The van der Waals surface area contributed by atoms with Crippen LogP contribution in [0.4, 0.5) is 26.3 Å². The van der Waals surface area contributed by atoms with Gasteiger partial charge in [-0.05, 0) is 146 Å². The van der Waals surface area contributed by atoms with Gasteiger partial charge in [-0.25, -0.2) is 9.59 Å². The molecule has 0 saturated carbocycles. The fourth-order valence-electron chi connectivity index (χ4n) is 8.68. The summed E-state index contributed by atoms with van der Waals surface area (Å²) in [7, 11) is -2.62. The molecule has 0 radical (unpaired) electrons. The second kappa shape index (κ2) is 32.2. The van der Waals surface area contributed by atoms with Crippen molar-refractivity contribution in [2.75, 3.05) is 13.2 Å². The molecule has 0 aliphatic carbocycles. The van der Waals surface area contributed by atoms with Crippen molar-refractivity contribution in [2.45, 2.75) is 209 Å². The van der Waals surface area contributed by atoms with Crippen LogP contribution in [0.15, 0.2) is 45.9 Å². The summed E-state index contributed by atoms with van der Waals surface area (Å²) in [6.07, 6.45) is -2.48. The van der Waals surface area contributed by atoms with Gasteiger partial charge in [0.05, 0.1) is 45.9 Å². The minimum absolute atomic E-state index is 0. The van der Waals surface area contributed by atoms with Crippen molar-refractivity contribution >= 4 is 78.4 Å². The van der Waals surface area contributed by atoms with Gasteiger partial charge in [-0.15, -0.1) is 0 Å². The summed E-state index contributed by atoms with van der Waals surface area (Å²) in [4.78, 5) is 37.0. The van der Waals surface area contributed by atoms with Gasteiger partial charge < -0.3 is 38.3 Å². The summed E-state index contributed by atoms with van der Waals surface area (Å²) in [6.45, 7) is 34.9. The maximum Gasteiger partial charge on any atom is 0.402 e. The highest BCUT2D eigenvalue weighted by molar-refractivity contribution is 9.28. The summed E-state index contributed by atoms with van der Waals surface area (Å²) >= 11 is 5.83. The van der Waals surface area contributed by atoms with Gasteiger partial charge in [-0.3, -0.25) is 0 Å². The predicted molar refractivity (Wildman–Crippen MR) is 325 cm³/mol. The Morgan fingerprint density at radius 2 is 1.10 bits per heavy atom. The van der Waals surface area contributed by atoms with E-state index in [1.165, 1.54) is 27.7 Å². The summed E-state index contributed by atoms with van der Waals surface area (Å²) in [6, 6.07) is 9.61. The molecule has 7 unspecified atom stereocenters. The monoisotopic (exact) mass is 1310 g/mol. The highest BCUT2D eigenvalue weighted by Gasteiger charge is 2.45. The number of hydrogen-bond donors (Lipinski definition) is 1. The maximum atomic E-state index is 13.3. The molecule has 1 N–H and O–H groups in total. The van der Waals surface area contributed by atoms with Crippen molar-refractivity contribution in [2.24, 2.45) is 23.7 Å². The molecule has 10 nitrogen and oxygen atoms in total. The van der Waals surface area contributed by atoms with Crippen LogP contribution in [0.3, 0.4) is 0 Å². The molecule has 81 heavy (non-hydrogen) atoms. The number of benzene rings is 2. The van der Waals surface area contributed by atoms with Crippen LogP contribution < -0.4 is 0 Å². The number of allylic oxidation sites excluding steroid dienone is 1. The molecule has 0 amide bonds. The van der Waals surface area contributed by atoms with Crippen LogP contribution in [0, 0.1) is 63.2 Å². The number of aliphatic hydroxyl groups excluding tert-OH is 1. The smallest absolute Gasteiger partial charge is 0.402 e. The minimum atomic E-state index is -4.49. The van der Waals surface area contributed by atoms with E-state index in [2.05, 4.69) is 83.0 Å². The number of rotatable bonds is 19. The second-order valence-corrected chi connectivity index (χ2v) is 38.5. The Balaban J connectivity index is 0.000000684. The third-order valence-electron chi connectivity index (χ3n) is 12.6. The van der Waals surface area contributed by atoms with Gasteiger partial charge in [0.15, 0.2) is 17.9 Å². The molecule has 2 aliphatic heterocycles. The van der Waals surface area contributed by atoms with Gasteiger partial charge in [0.2, 0.25) is 0 Å². The molecular formula is C61H90Br2F6O10Si2. The molecule has 4 rings (SSSR count). The molecule has 20 heteroatoms. The normalized spacial score (nSPS) is 20.0. The fraction of sp³-hybridized carbons (Fsp3) is 0.623. The highest BCUT2D eigenvalue weighted by Crippen LogP contribution is 2.37. The first-order chi connectivity index (χ1) is 36.5. The molecule has 458 valence electrons. The SMILES string of the molecule is C.CC(C)C(C=C(Br)Br)C(F)(F)F.Cc1cc(C)c(C(=O)OCC[Si](C)(C)C)c(/C=C/CC2OC(C)(C)OC2C(O)C#CC(C(C)C)C(F)(F)F)c1.Cc1cc(C)c(C(=O)OCC[Si](C)(C)C)c(/C=C/CC2OC(C)(C)OC2C=O)c1. The van der Waals surface area contributed by atoms with Crippen molar-refractivity contribution in [3.8, 4) is 11.8 Å². The van der Waals surface area contributed by atoms with Crippen LogP contribution in [0.2, 0.25) is 51.4 Å². The van der Waals surface area contributed by atoms with Crippen molar-refractivity contribution in [3.05, 3.63) is 90.4 Å². The number of carbonyl (C=O) groups is 3. The standard InChI is InChI=1S/C30H43F3O5Si.C23H34O5Si.C7H9Br2F3.CH4/c1-19(2)23(30(31,32)33)13-14-24(34)27-25(37-29(5,6)38-27)12-10-11-22-18-20(3)17-21(4)26(22)28(35)36-15-16-39(7,8)9;1-16-13-17(2)21(22(25)26-11-12-29(5,6)7)18(14-16)9-8-10-19-20(15-24)28-23(3,4)27-19;1-4(2)5(3-6(8)9)7(10,11)12;/h10-11,17-19,23-25,27,34H,12,15-16H2,1-9H3;8-9,13-15,19-20H,10-12H2,1-7H3;3-5H,1-2H3;1H4/b11-10+;9-8+;;. The molecular weight excluding hydrogens is 1220 g/mol. The van der Waals surface area contributed by atoms with Gasteiger partial charge in [-0.2, -0.15) is 26.3 Å². The van der Waals surface area contributed by atoms with E-state index in [-0.39, 0.29) is 31.9 Å². The van der Waals surface area contributed by atoms with E-state index < -0.39 is 88.2 Å². The summed E-state index contributed by atoms with van der Waals surface area (Å²) in [5.41, 5.74) is 6.38. The van der Waals surface area contributed by atoms with Crippen molar-refractivity contribution in [3.63, 3.8) is 0 Å². The third-order valence-corrected chi connectivity index (χ3v) is 16.6. The van der Waals surface area contributed by atoms with Crippen molar-refractivity contribution in [1.29, 1.82) is 0 Å². The van der Waals surface area contributed by atoms with Crippen LogP contribution in [-0.4, -0.2) is 107 Å². The second-order valence-electron chi connectivity index (χ2n) is 24.4. The van der Waals surface area contributed by atoms with E-state index >= 15 is 0 Å². The zero-order chi connectivity index (χ0) is 61.5. The van der Waals surface area contributed by atoms with Gasteiger partial charge in [-0.1, -0.05) is 152 Å². The topological polar surface area (TPSA) is 127 Å². The van der Waals surface area contributed by atoms with E-state index in [0.717, 1.165) is 52.3 Å². The first-order valence-corrected chi connectivity index (χ1v) is 35.9. The lowest BCUT2D eigenvalue weighted by Crippen LogP contribution is -2.35. The average Bonchev–Trinajstić information content (AvgIpc) is 3.75. The lowest BCUT2D eigenvalue weighted by Gasteiger charge is -2.20. The summed E-state index contributed by atoms with van der Waals surface area (Å²) in [5.74, 6) is -2.37. The lowest BCUT2D eigenvalue weighted by atomic mass is 9.95. The van der Waals surface area contributed by atoms with Gasteiger partial charge in [0, 0.05) is 16.1 Å². The Hall–Kier alpha value is -3.40. The quantitative estimate of drug-likeness (QED) is 0.0478. The van der Waals surface area contributed by atoms with Crippen LogP contribution in [0.1, 0.15) is 130 Å². The number of halogens is 8. The molecule has 2 aliphatic rings. The molecule has 0 aromatic heterocycles. The van der Waals surface area contributed by atoms with Crippen LogP contribution >= 0.6 is 31.9 Å². The van der Waals surface area contributed by atoms with Crippen LogP contribution in [0.5, 0.6) is 0 Å². The zero-order valence-electron chi connectivity index (χ0n) is 49.9. The molecule has 2 saturated heterocycles. The van der Waals surface area contributed by atoms with E-state index in [0.29, 0.717) is 39.7 Å². The largest absolute Gasteiger partial charge is 0.462 e. The first kappa shape index (κ1) is 75.6. The predicted octanol–water partition coefficient (Wildman–Crippen LogP) is 16.9. The third kappa shape index (κ3) is 27.0. The number of esters is 2. The molecule has 2 heterocycles. The first-order valence-electron chi connectivity index (χ1n) is 26.9. The van der Waals surface area contributed by atoms with Crippen molar-refractivity contribution < 1.29 is 74.3 Å². The number of ether oxygens (including phenoxy) is 6. The van der Waals surface area contributed by atoms with E-state index in [1.807, 2.05) is 70.2 Å². The van der Waals surface area contributed by atoms with Crippen LogP contribution in [-0.2, 0) is 33.2 Å². The number of hydrogen-bond acceptors (Lipinski definition) is 10. The Labute approximate surface area is 498 Å². The Morgan fingerprint density at radius 3 is 1.46 bits per heavy atom. The Kier molecular flexibility index (Phi) is 30.1. The number of aldehydes is 1.